The normalized spacial score (nSPS) is 20.4. The molecule has 0 bridgehead atoms. The molecule has 1 fully saturated rings. The molecular formula is C13H19N3O2. The van der Waals surface area contributed by atoms with E-state index in [1.54, 1.807) is 7.11 Å². The summed E-state index contributed by atoms with van der Waals surface area (Å²) >= 11 is 0. The van der Waals surface area contributed by atoms with E-state index >= 15 is 0 Å². The van der Waals surface area contributed by atoms with Gasteiger partial charge in [0.2, 0.25) is 5.91 Å². The van der Waals surface area contributed by atoms with Crippen LogP contribution in [0.4, 0.5) is 5.69 Å². The van der Waals surface area contributed by atoms with E-state index in [-0.39, 0.29) is 11.9 Å². The van der Waals surface area contributed by atoms with Gasteiger partial charge >= 0.3 is 0 Å². The average molecular weight is 249 g/mol. The molecule has 5 heteroatoms. The maximum absolute atomic E-state index is 12.1. The molecule has 1 aromatic carbocycles. The van der Waals surface area contributed by atoms with Gasteiger partial charge in [0.25, 0.3) is 0 Å². The highest BCUT2D eigenvalue weighted by Crippen LogP contribution is 2.17. The van der Waals surface area contributed by atoms with Gasteiger partial charge in [-0.2, -0.15) is 0 Å². The molecule has 0 aliphatic carbocycles. The maximum atomic E-state index is 12.1. The minimum atomic E-state index is -0.120. The van der Waals surface area contributed by atoms with Crippen LogP contribution in [0.2, 0.25) is 0 Å². The van der Waals surface area contributed by atoms with E-state index in [1.165, 1.54) is 0 Å². The molecule has 1 aliphatic rings. The predicted octanol–water partition coefficient (Wildman–Crippen LogP) is 0.537. The Kier molecular flexibility index (Phi) is 4.17. The molecule has 98 valence electrons. The quantitative estimate of drug-likeness (QED) is 0.821. The van der Waals surface area contributed by atoms with Crippen molar-refractivity contribution >= 4 is 11.6 Å². The molecule has 1 saturated heterocycles. The van der Waals surface area contributed by atoms with Gasteiger partial charge in [0, 0.05) is 31.4 Å². The van der Waals surface area contributed by atoms with Crippen LogP contribution < -0.4 is 15.4 Å². The Hall–Kier alpha value is -1.59. The highest BCUT2D eigenvalue weighted by atomic mass is 16.5. The van der Waals surface area contributed by atoms with Crippen LogP contribution in [-0.2, 0) is 4.79 Å². The summed E-state index contributed by atoms with van der Waals surface area (Å²) in [6, 6.07) is 7.26. The van der Waals surface area contributed by atoms with Gasteiger partial charge in [0.1, 0.15) is 11.8 Å². The maximum Gasteiger partial charge on any atom is 0.243 e. The van der Waals surface area contributed by atoms with E-state index in [4.69, 9.17) is 4.74 Å². The van der Waals surface area contributed by atoms with Crippen LogP contribution in [0.3, 0.4) is 0 Å². The fourth-order valence-corrected chi connectivity index (χ4v) is 2.03. The number of nitrogens with zero attached hydrogens (tertiary/aromatic N) is 1. The van der Waals surface area contributed by atoms with Crippen LogP contribution in [0.15, 0.2) is 24.3 Å². The highest BCUT2D eigenvalue weighted by Gasteiger charge is 2.25. The van der Waals surface area contributed by atoms with Crippen molar-refractivity contribution in [3.63, 3.8) is 0 Å². The predicted molar refractivity (Wildman–Crippen MR) is 70.9 cm³/mol. The second-order valence-electron chi connectivity index (χ2n) is 4.42. The lowest BCUT2D eigenvalue weighted by Gasteiger charge is -2.31. The van der Waals surface area contributed by atoms with Gasteiger partial charge in [0.15, 0.2) is 0 Å². The first-order valence-electron chi connectivity index (χ1n) is 6.06. The number of carbonyl (C=O) groups is 1. The minimum Gasteiger partial charge on any atom is -0.497 e. The number of nitrogens with one attached hydrogen (secondary N) is 2. The zero-order chi connectivity index (χ0) is 13.0. The van der Waals surface area contributed by atoms with Crippen LogP contribution in [0.1, 0.15) is 0 Å². The number of hydrogen-bond acceptors (Lipinski definition) is 4. The fraction of sp³-hybridized carbons (Fsp3) is 0.462. The number of rotatable bonds is 3. The van der Waals surface area contributed by atoms with Crippen molar-refractivity contribution in [1.82, 2.24) is 10.2 Å². The molecule has 1 heterocycles. The van der Waals surface area contributed by atoms with Crippen molar-refractivity contribution in [3.05, 3.63) is 24.3 Å². The molecule has 2 N–H and O–H groups in total. The Morgan fingerprint density at radius 1 is 1.56 bits per heavy atom. The first kappa shape index (κ1) is 12.9. The molecule has 1 aromatic rings. The van der Waals surface area contributed by atoms with Crippen molar-refractivity contribution < 1.29 is 9.53 Å². The van der Waals surface area contributed by atoms with Crippen LogP contribution in [0.5, 0.6) is 5.75 Å². The van der Waals surface area contributed by atoms with Gasteiger partial charge < -0.3 is 15.4 Å². The molecule has 2 rings (SSSR count). The molecular weight excluding hydrogens is 230 g/mol. The van der Waals surface area contributed by atoms with Crippen molar-refractivity contribution in [2.45, 2.75) is 6.04 Å². The van der Waals surface area contributed by atoms with Gasteiger partial charge in [0.05, 0.1) is 7.11 Å². The SMILES string of the molecule is COc1cccc(NC(=O)C2CNCCN2C)c1. The third kappa shape index (κ3) is 3.00. The molecule has 18 heavy (non-hydrogen) atoms. The van der Waals surface area contributed by atoms with E-state index in [0.717, 1.165) is 24.5 Å². The summed E-state index contributed by atoms with van der Waals surface area (Å²) in [6.45, 7) is 2.50. The molecule has 1 aliphatic heterocycles. The molecule has 1 amide bonds. The number of anilines is 1. The Balaban J connectivity index is 2.01. The fourth-order valence-electron chi connectivity index (χ4n) is 2.03. The topological polar surface area (TPSA) is 53.6 Å². The first-order valence-corrected chi connectivity index (χ1v) is 6.06. The van der Waals surface area contributed by atoms with Gasteiger partial charge in [-0.05, 0) is 19.2 Å². The lowest BCUT2D eigenvalue weighted by atomic mass is 10.2. The monoisotopic (exact) mass is 249 g/mol. The number of methoxy groups -OCH3 is 1. The van der Waals surface area contributed by atoms with Crippen molar-refractivity contribution in [1.29, 1.82) is 0 Å². The van der Waals surface area contributed by atoms with Gasteiger partial charge in [-0.25, -0.2) is 0 Å². The molecule has 1 unspecified atom stereocenters. The summed E-state index contributed by atoms with van der Waals surface area (Å²) in [4.78, 5) is 14.2. The van der Waals surface area contributed by atoms with Gasteiger partial charge in [-0.3, -0.25) is 9.69 Å². The van der Waals surface area contributed by atoms with E-state index in [1.807, 2.05) is 31.3 Å². The van der Waals surface area contributed by atoms with Crippen molar-refractivity contribution in [2.75, 3.05) is 39.1 Å². The average Bonchev–Trinajstić information content (AvgIpc) is 2.39. The molecule has 0 aromatic heterocycles. The Labute approximate surface area is 107 Å². The van der Waals surface area contributed by atoms with E-state index < -0.39 is 0 Å². The lowest BCUT2D eigenvalue weighted by molar-refractivity contribution is -0.121. The summed E-state index contributed by atoms with van der Waals surface area (Å²) in [6.07, 6.45) is 0. The van der Waals surface area contributed by atoms with Crippen LogP contribution in [0.25, 0.3) is 0 Å². The number of likely N-dealkylation sites (N-methyl/N-ethyl adjacent to an activating group) is 1. The first-order chi connectivity index (χ1) is 8.70. The highest BCUT2D eigenvalue weighted by molar-refractivity contribution is 5.95. The van der Waals surface area contributed by atoms with Crippen molar-refractivity contribution in [3.8, 4) is 5.75 Å². The van der Waals surface area contributed by atoms with E-state index in [0.29, 0.717) is 6.54 Å². The number of carbonyl (C=O) groups excluding carboxylic acids is 1. The van der Waals surface area contributed by atoms with Crippen molar-refractivity contribution in [2.24, 2.45) is 0 Å². The standard InChI is InChI=1S/C13H19N3O2/c1-16-7-6-14-9-12(16)13(17)15-10-4-3-5-11(8-10)18-2/h3-5,8,12,14H,6-7,9H2,1-2H3,(H,15,17). The largest absolute Gasteiger partial charge is 0.497 e. The number of piperazine rings is 1. The third-order valence-electron chi connectivity index (χ3n) is 3.15. The molecule has 5 nitrogen and oxygen atoms in total. The third-order valence-corrected chi connectivity index (χ3v) is 3.15. The van der Waals surface area contributed by atoms with Gasteiger partial charge in [-0.15, -0.1) is 0 Å². The summed E-state index contributed by atoms with van der Waals surface area (Å²) in [7, 11) is 3.58. The van der Waals surface area contributed by atoms with Crippen LogP contribution >= 0.6 is 0 Å². The Morgan fingerprint density at radius 3 is 3.11 bits per heavy atom. The zero-order valence-corrected chi connectivity index (χ0v) is 10.8. The molecule has 0 radical (unpaired) electrons. The summed E-state index contributed by atoms with van der Waals surface area (Å²) < 4.78 is 5.13. The molecule has 0 saturated carbocycles. The lowest BCUT2D eigenvalue weighted by Crippen LogP contribution is -2.54. The number of benzene rings is 1. The second kappa shape index (κ2) is 5.84. The Morgan fingerprint density at radius 2 is 2.39 bits per heavy atom. The van der Waals surface area contributed by atoms with Crippen LogP contribution in [-0.4, -0.2) is 50.6 Å². The van der Waals surface area contributed by atoms with E-state index in [9.17, 15) is 4.79 Å². The summed E-state index contributed by atoms with van der Waals surface area (Å²) in [5.74, 6) is 0.751. The Bertz CT molecular complexity index is 422. The number of ether oxygens (including phenoxy) is 1. The van der Waals surface area contributed by atoms with Crippen LogP contribution in [0, 0.1) is 0 Å². The zero-order valence-electron chi connectivity index (χ0n) is 10.8. The smallest absolute Gasteiger partial charge is 0.243 e. The minimum absolute atomic E-state index is 0.0120. The number of amides is 1. The number of hydrogen-bond donors (Lipinski definition) is 2. The second-order valence-corrected chi connectivity index (χ2v) is 4.42. The van der Waals surface area contributed by atoms with Gasteiger partial charge in [-0.1, -0.05) is 6.07 Å². The molecule has 1 atom stereocenters. The molecule has 0 spiro atoms. The van der Waals surface area contributed by atoms with E-state index in [2.05, 4.69) is 15.5 Å². The summed E-state index contributed by atoms with van der Waals surface area (Å²) in [5, 5.41) is 6.14. The summed E-state index contributed by atoms with van der Waals surface area (Å²) in [5.41, 5.74) is 0.762.